The summed E-state index contributed by atoms with van der Waals surface area (Å²) >= 11 is 5.98. The number of nitrogens with one attached hydrogen (secondary N) is 2. The molecule has 2 aromatic heterocycles. The van der Waals surface area contributed by atoms with E-state index in [1.807, 2.05) is 0 Å². The molecule has 0 amide bonds. The van der Waals surface area contributed by atoms with Crippen molar-refractivity contribution >= 4 is 51.1 Å². The molecule has 10 heteroatoms. The number of carbonyl (C=O) groups is 1. The Morgan fingerprint density at radius 3 is 2.96 bits per heavy atom. The third kappa shape index (κ3) is 3.09. The maximum absolute atomic E-state index is 11.7. The fourth-order valence-corrected chi connectivity index (χ4v) is 2.98. The summed E-state index contributed by atoms with van der Waals surface area (Å²) in [4.78, 5) is 36.4. The van der Waals surface area contributed by atoms with E-state index < -0.39 is 11.5 Å². The predicted octanol–water partition coefficient (Wildman–Crippen LogP) is 2.28. The molecule has 0 aliphatic carbocycles. The number of esters is 1. The monoisotopic (exact) mass is 362 g/mol. The van der Waals surface area contributed by atoms with Crippen LogP contribution in [0.4, 0.5) is 5.13 Å². The molecule has 0 bridgehead atoms. The van der Waals surface area contributed by atoms with E-state index in [1.54, 1.807) is 18.2 Å². The lowest BCUT2D eigenvalue weighted by molar-refractivity contribution is 0.0601. The minimum Gasteiger partial charge on any atom is -0.494 e. The van der Waals surface area contributed by atoms with Gasteiger partial charge in [0.15, 0.2) is 4.77 Å². The molecule has 3 rings (SSSR count). The van der Waals surface area contributed by atoms with Gasteiger partial charge < -0.3 is 14.8 Å². The number of aromatic hydroxyl groups is 1. The smallest absolute Gasteiger partial charge is 0.337 e. The number of benzene rings is 1. The first-order valence-corrected chi connectivity index (χ1v) is 7.79. The number of fused-ring (bicyclic) bond motifs is 1. The Morgan fingerprint density at radius 2 is 2.25 bits per heavy atom. The highest BCUT2D eigenvalue weighted by Crippen LogP contribution is 2.29. The summed E-state index contributed by atoms with van der Waals surface area (Å²) < 4.78 is 5.44. The van der Waals surface area contributed by atoms with Crippen LogP contribution in [0.1, 0.15) is 15.9 Å². The zero-order valence-corrected chi connectivity index (χ0v) is 13.8. The molecule has 0 aliphatic heterocycles. The molecule has 8 nitrogen and oxygen atoms in total. The summed E-state index contributed by atoms with van der Waals surface area (Å²) in [5.74, 6) is -0.812. The lowest BCUT2D eigenvalue weighted by atomic mass is 10.2. The topological polar surface area (TPSA) is 120 Å². The minimum atomic E-state index is -0.561. The van der Waals surface area contributed by atoms with Gasteiger partial charge in [0.25, 0.3) is 5.56 Å². The van der Waals surface area contributed by atoms with E-state index in [0.717, 1.165) is 4.70 Å². The summed E-state index contributed by atoms with van der Waals surface area (Å²) in [5, 5.41) is 10.1. The molecule has 0 unspecified atom stereocenters. The molecular weight excluding hydrogens is 352 g/mol. The Kier molecular flexibility index (Phi) is 4.23. The van der Waals surface area contributed by atoms with Crippen LogP contribution in [-0.4, -0.2) is 39.4 Å². The lowest BCUT2D eigenvalue weighted by Gasteiger charge is -1.97. The van der Waals surface area contributed by atoms with E-state index in [1.165, 1.54) is 24.7 Å². The van der Waals surface area contributed by atoms with Crippen LogP contribution in [0, 0.1) is 4.77 Å². The number of aromatic nitrogens is 3. The summed E-state index contributed by atoms with van der Waals surface area (Å²) in [6.07, 6.45) is 1.19. The van der Waals surface area contributed by atoms with E-state index in [9.17, 15) is 14.7 Å². The number of aromatic amines is 2. The number of nitrogens with zero attached hydrogens (tertiary/aromatic N) is 2. The highest BCUT2D eigenvalue weighted by molar-refractivity contribution is 7.71. The Balaban J connectivity index is 1.97. The lowest BCUT2D eigenvalue weighted by Crippen LogP contribution is -2.13. The highest BCUT2D eigenvalue weighted by atomic mass is 32.1. The molecule has 0 radical (unpaired) electrons. The second-order valence-electron chi connectivity index (χ2n) is 4.60. The molecule has 0 saturated heterocycles. The molecule has 0 spiro atoms. The average molecular weight is 362 g/mol. The number of methoxy groups -OCH3 is 1. The number of aliphatic imine (C=N–C) groups is 1. The fraction of sp³-hybridized carbons (Fsp3) is 0.0714. The predicted molar refractivity (Wildman–Crippen MR) is 92.1 cm³/mol. The van der Waals surface area contributed by atoms with Crippen molar-refractivity contribution in [2.75, 3.05) is 7.11 Å². The quantitative estimate of drug-likeness (QED) is 0.373. The van der Waals surface area contributed by atoms with Gasteiger partial charge in [-0.15, -0.1) is 0 Å². The van der Waals surface area contributed by atoms with Crippen LogP contribution in [-0.2, 0) is 4.74 Å². The maximum Gasteiger partial charge on any atom is 0.337 e. The Morgan fingerprint density at radius 1 is 1.46 bits per heavy atom. The summed E-state index contributed by atoms with van der Waals surface area (Å²) in [6.45, 7) is 0. The van der Waals surface area contributed by atoms with Crippen molar-refractivity contribution in [3.05, 3.63) is 44.5 Å². The average Bonchev–Trinajstić information content (AvgIpc) is 2.94. The first-order valence-electron chi connectivity index (χ1n) is 6.56. The molecule has 0 atom stereocenters. The van der Waals surface area contributed by atoms with Crippen molar-refractivity contribution in [1.82, 2.24) is 15.0 Å². The first-order chi connectivity index (χ1) is 11.5. The zero-order chi connectivity index (χ0) is 17.3. The normalized spacial score (nSPS) is 11.2. The Hall–Kier alpha value is -2.85. The van der Waals surface area contributed by atoms with Crippen LogP contribution in [0.15, 0.2) is 28.0 Å². The van der Waals surface area contributed by atoms with Gasteiger partial charge in [0.2, 0.25) is 11.0 Å². The largest absolute Gasteiger partial charge is 0.494 e. The standard InChI is InChI=1S/C14H10N4O4S2/c1-22-12(21)6-2-3-8-9(4-6)24-14(16-8)15-5-7-10(19)17-13(23)18-11(7)20/h2-5H,1H3,(H3,17,18,19,20,23). The molecular formula is C14H10N4O4S2. The van der Waals surface area contributed by atoms with E-state index in [4.69, 9.17) is 12.2 Å². The van der Waals surface area contributed by atoms with Crippen LogP contribution in [0.5, 0.6) is 5.88 Å². The van der Waals surface area contributed by atoms with Crippen LogP contribution in [0.2, 0.25) is 0 Å². The summed E-state index contributed by atoms with van der Waals surface area (Å²) in [5.41, 5.74) is 0.450. The molecule has 0 saturated carbocycles. The van der Waals surface area contributed by atoms with Crippen molar-refractivity contribution < 1.29 is 14.6 Å². The Labute approximate surface area is 143 Å². The SMILES string of the molecule is COC(=O)c1ccc2nc(N=Cc3c(O)[nH]c(=S)[nH]c3=O)sc2c1. The first kappa shape index (κ1) is 16.0. The van der Waals surface area contributed by atoms with Crippen LogP contribution in [0.25, 0.3) is 10.2 Å². The number of rotatable bonds is 3. The van der Waals surface area contributed by atoms with Crippen LogP contribution >= 0.6 is 23.6 Å². The summed E-state index contributed by atoms with van der Waals surface area (Å²) in [6, 6.07) is 4.94. The second kappa shape index (κ2) is 6.34. The van der Waals surface area contributed by atoms with E-state index in [-0.39, 0.29) is 16.2 Å². The van der Waals surface area contributed by atoms with Gasteiger partial charge in [-0.1, -0.05) is 11.3 Å². The molecule has 3 N–H and O–H groups in total. The van der Waals surface area contributed by atoms with Gasteiger partial charge in [-0.3, -0.25) is 9.78 Å². The number of ether oxygens (including phenoxy) is 1. The molecule has 2 heterocycles. The van der Waals surface area contributed by atoms with Gasteiger partial charge in [0, 0.05) is 6.21 Å². The molecule has 1 aromatic carbocycles. The fourth-order valence-electron chi connectivity index (χ4n) is 1.94. The van der Waals surface area contributed by atoms with Crippen molar-refractivity contribution in [3.8, 4) is 5.88 Å². The third-order valence-electron chi connectivity index (χ3n) is 3.06. The van der Waals surface area contributed by atoms with Gasteiger partial charge in [-0.05, 0) is 30.4 Å². The molecule has 3 aromatic rings. The third-order valence-corrected chi connectivity index (χ3v) is 4.19. The summed E-state index contributed by atoms with van der Waals surface area (Å²) in [7, 11) is 1.31. The second-order valence-corrected chi connectivity index (χ2v) is 6.02. The molecule has 24 heavy (non-hydrogen) atoms. The number of thiazole rings is 1. The van der Waals surface area contributed by atoms with E-state index in [0.29, 0.717) is 16.2 Å². The minimum absolute atomic E-state index is 0.0185. The van der Waals surface area contributed by atoms with Gasteiger partial charge in [-0.2, -0.15) is 0 Å². The molecule has 122 valence electrons. The molecule has 0 fully saturated rings. The number of hydrogen-bond acceptors (Lipinski definition) is 8. The van der Waals surface area contributed by atoms with E-state index in [2.05, 4.69) is 24.7 Å². The van der Waals surface area contributed by atoms with Crippen molar-refractivity contribution in [2.24, 2.45) is 4.99 Å². The zero-order valence-electron chi connectivity index (χ0n) is 12.2. The van der Waals surface area contributed by atoms with Crippen molar-refractivity contribution in [2.45, 2.75) is 0 Å². The molecule has 0 aliphatic rings. The Bertz CT molecular complexity index is 1080. The number of hydrogen-bond donors (Lipinski definition) is 3. The van der Waals surface area contributed by atoms with Crippen LogP contribution in [0.3, 0.4) is 0 Å². The van der Waals surface area contributed by atoms with Gasteiger partial charge >= 0.3 is 5.97 Å². The number of carbonyl (C=O) groups excluding carboxylic acids is 1. The van der Waals surface area contributed by atoms with Gasteiger partial charge in [0.05, 0.1) is 22.9 Å². The van der Waals surface area contributed by atoms with Gasteiger partial charge in [-0.25, -0.2) is 14.8 Å². The van der Waals surface area contributed by atoms with E-state index >= 15 is 0 Å². The highest BCUT2D eigenvalue weighted by Gasteiger charge is 2.10. The number of H-pyrrole nitrogens is 2. The van der Waals surface area contributed by atoms with Crippen molar-refractivity contribution in [3.63, 3.8) is 0 Å². The maximum atomic E-state index is 11.7. The van der Waals surface area contributed by atoms with Crippen LogP contribution < -0.4 is 5.56 Å². The van der Waals surface area contributed by atoms with Gasteiger partial charge in [0.1, 0.15) is 5.56 Å². The van der Waals surface area contributed by atoms with Crippen molar-refractivity contribution in [1.29, 1.82) is 0 Å².